The van der Waals surface area contributed by atoms with Crippen LogP contribution in [-0.4, -0.2) is 58.2 Å². The first-order chi connectivity index (χ1) is 16.0. The van der Waals surface area contributed by atoms with Gasteiger partial charge in [0, 0.05) is 63.5 Å². The molecule has 34 heavy (non-hydrogen) atoms. The van der Waals surface area contributed by atoms with Gasteiger partial charge in [0.2, 0.25) is 17.7 Å². The highest BCUT2D eigenvalue weighted by atomic mass is 35.5. The number of nitrogens with one attached hydrogen (secondary N) is 2. The lowest BCUT2D eigenvalue weighted by atomic mass is 10.1. The first kappa shape index (κ1) is 25.3. The second kappa shape index (κ2) is 10.7. The Kier molecular flexibility index (Phi) is 7.98. The van der Waals surface area contributed by atoms with Crippen LogP contribution in [0.3, 0.4) is 0 Å². The van der Waals surface area contributed by atoms with Crippen LogP contribution >= 0.6 is 11.6 Å². The Hall–Kier alpha value is -3.34. The summed E-state index contributed by atoms with van der Waals surface area (Å²) in [4.78, 5) is 45.8. The zero-order valence-electron chi connectivity index (χ0n) is 18.7. The first-order valence-electron chi connectivity index (χ1n) is 10.5. The van der Waals surface area contributed by atoms with E-state index in [4.69, 9.17) is 16.3 Å². The number of amides is 3. The number of rotatable bonds is 10. The molecule has 0 bridgehead atoms. The maximum Gasteiger partial charge on any atom is 0.278 e. The average Bonchev–Trinajstić information content (AvgIpc) is 3.06. The summed E-state index contributed by atoms with van der Waals surface area (Å²) in [7, 11) is 0. The molecule has 1 aliphatic rings. The molecule has 3 rings (SSSR count). The molecule has 0 fully saturated rings. The van der Waals surface area contributed by atoms with Gasteiger partial charge in [-0.1, -0.05) is 11.6 Å². The number of hydrogen-bond donors (Lipinski definition) is 2. The predicted octanol–water partition coefficient (Wildman–Crippen LogP) is 2.11. The van der Waals surface area contributed by atoms with Gasteiger partial charge in [0.1, 0.15) is 5.02 Å². The van der Waals surface area contributed by atoms with Crippen LogP contribution in [0.4, 0.5) is 8.78 Å². The molecule has 1 aliphatic heterocycles. The van der Waals surface area contributed by atoms with Crippen molar-refractivity contribution in [2.75, 3.05) is 19.7 Å². The molecule has 9 nitrogen and oxygen atoms in total. The highest BCUT2D eigenvalue weighted by molar-refractivity contribution is 6.31. The molecular weight excluding hydrogens is 472 g/mol. The normalized spacial score (nSPS) is 13.0. The highest BCUT2D eigenvalue weighted by Crippen LogP contribution is 2.29. The number of ether oxygens (including phenoxy) is 1. The molecule has 0 saturated heterocycles. The lowest BCUT2D eigenvalue weighted by Gasteiger charge is -2.17. The zero-order valence-corrected chi connectivity index (χ0v) is 19.4. The van der Waals surface area contributed by atoms with Gasteiger partial charge >= 0.3 is 0 Å². The molecule has 0 saturated carbocycles. The third kappa shape index (κ3) is 6.83. The van der Waals surface area contributed by atoms with Crippen LogP contribution in [0, 0.1) is 0 Å². The van der Waals surface area contributed by atoms with Crippen LogP contribution in [-0.2, 0) is 29.1 Å². The predicted molar refractivity (Wildman–Crippen MR) is 119 cm³/mol. The number of alkyl halides is 2. The number of aromatic nitrogens is 2. The van der Waals surface area contributed by atoms with Gasteiger partial charge in [0.25, 0.3) is 11.8 Å². The number of halogens is 3. The number of fused-ring (bicyclic) bond motifs is 1. The van der Waals surface area contributed by atoms with Crippen molar-refractivity contribution in [2.24, 2.45) is 0 Å². The fourth-order valence-corrected chi connectivity index (χ4v) is 3.60. The van der Waals surface area contributed by atoms with Gasteiger partial charge in [0.15, 0.2) is 6.61 Å². The van der Waals surface area contributed by atoms with Crippen molar-refractivity contribution >= 4 is 29.3 Å². The summed E-state index contributed by atoms with van der Waals surface area (Å²) in [5.41, 5.74) is 2.20. The van der Waals surface area contributed by atoms with Crippen molar-refractivity contribution in [1.82, 2.24) is 25.5 Å². The topological polar surface area (TPSA) is 114 Å². The SMILES string of the molecule is CC(=O)NCCNC(=O)Cc1nccc2c1CN(Cc1cnc(OCC(C)(F)F)c(Cl)c1)C2=O. The summed E-state index contributed by atoms with van der Waals surface area (Å²) in [6.45, 7) is 2.28. The summed E-state index contributed by atoms with van der Waals surface area (Å²) in [5.74, 6) is -3.82. The van der Waals surface area contributed by atoms with Gasteiger partial charge < -0.3 is 20.3 Å². The van der Waals surface area contributed by atoms with Crippen molar-refractivity contribution in [3.63, 3.8) is 0 Å². The molecule has 0 aromatic carbocycles. The summed E-state index contributed by atoms with van der Waals surface area (Å²) in [6, 6.07) is 3.11. The van der Waals surface area contributed by atoms with Crippen molar-refractivity contribution in [3.8, 4) is 5.88 Å². The van der Waals surface area contributed by atoms with Crippen molar-refractivity contribution < 1.29 is 27.9 Å². The Labute approximate surface area is 199 Å². The van der Waals surface area contributed by atoms with Crippen molar-refractivity contribution in [3.05, 3.63) is 51.9 Å². The summed E-state index contributed by atoms with van der Waals surface area (Å²) in [6.07, 6.45) is 2.88. The fraction of sp³-hybridized carbons (Fsp3) is 0.409. The summed E-state index contributed by atoms with van der Waals surface area (Å²) < 4.78 is 30.9. The van der Waals surface area contributed by atoms with E-state index in [1.807, 2.05) is 0 Å². The van der Waals surface area contributed by atoms with Crippen LogP contribution in [0.25, 0.3) is 0 Å². The number of carbonyl (C=O) groups excluding carboxylic acids is 3. The van der Waals surface area contributed by atoms with E-state index in [9.17, 15) is 23.2 Å². The molecule has 2 aromatic rings. The maximum absolute atomic E-state index is 13.0. The minimum atomic E-state index is -3.02. The van der Waals surface area contributed by atoms with Crippen LogP contribution < -0.4 is 15.4 Å². The van der Waals surface area contributed by atoms with Gasteiger partial charge in [-0.15, -0.1) is 0 Å². The van der Waals surface area contributed by atoms with Crippen LogP contribution in [0.2, 0.25) is 5.02 Å². The van der Waals surface area contributed by atoms with E-state index in [2.05, 4.69) is 20.6 Å². The quantitative estimate of drug-likeness (QED) is 0.488. The van der Waals surface area contributed by atoms with E-state index in [1.54, 1.807) is 11.0 Å². The second-order valence-corrected chi connectivity index (χ2v) is 8.35. The Morgan fingerprint density at radius 2 is 2.00 bits per heavy atom. The zero-order chi connectivity index (χ0) is 24.9. The van der Waals surface area contributed by atoms with Gasteiger partial charge in [-0.05, 0) is 17.7 Å². The molecule has 3 amide bonds. The van der Waals surface area contributed by atoms with Crippen molar-refractivity contribution in [2.45, 2.75) is 39.3 Å². The molecule has 3 heterocycles. The molecule has 0 spiro atoms. The van der Waals surface area contributed by atoms with E-state index >= 15 is 0 Å². The smallest absolute Gasteiger partial charge is 0.278 e. The molecule has 2 N–H and O–H groups in total. The van der Waals surface area contributed by atoms with E-state index in [1.165, 1.54) is 25.4 Å². The largest absolute Gasteiger partial charge is 0.470 e. The third-order valence-electron chi connectivity index (χ3n) is 4.86. The minimum absolute atomic E-state index is 0.00809. The van der Waals surface area contributed by atoms with E-state index in [-0.39, 0.29) is 54.7 Å². The van der Waals surface area contributed by atoms with E-state index in [0.717, 1.165) is 6.92 Å². The lowest BCUT2D eigenvalue weighted by Crippen LogP contribution is -2.34. The number of pyridine rings is 2. The Bertz CT molecular complexity index is 1090. The number of nitrogens with zero attached hydrogens (tertiary/aromatic N) is 3. The molecule has 12 heteroatoms. The molecule has 0 atom stereocenters. The van der Waals surface area contributed by atoms with Gasteiger partial charge in [-0.2, -0.15) is 0 Å². The molecule has 0 unspecified atom stereocenters. The average molecular weight is 496 g/mol. The molecule has 0 radical (unpaired) electrons. The lowest BCUT2D eigenvalue weighted by molar-refractivity contribution is -0.121. The summed E-state index contributed by atoms with van der Waals surface area (Å²) >= 11 is 6.11. The van der Waals surface area contributed by atoms with Crippen LogP contribution in [0.5, 0.6) is 5.88 Å². The fourth-order valence-electron chi connectivity index (χ4n) is 3.35. The minimum Gasteiger partial charge on any atom is -0.470 e. The van der Waals surface area contributed by atoms with Gasteiger partial charge in [-0.25, -0.2) is 13.8 Å². The van der Waals surface area contributed by atoms with Crippen molar-refractivity contribution in [1.29, 1.82) is 0 Å². The molecule has 2 aromatic heterocycles. The molecule has 0 aliphatic carbocycles. The standard InChI is InChI=1S/C22H24ClF2N5O4/c1-13(31)26-5-6-28-19(32)8-18-16-11-30(21(33)15(16)3-4-27-18)10-14-7-17(23)20(29-9-14)34-12-22(2,24)25/h3-4,7,9H,5-6,8,10-12H2,1-2H3,(H,26,31)(H,28,32). The molecule has 182 valence electrons. The van der Waals surface area contributed by atoms with Crippen LogP contribution in [0.15, 0.2) is 24.5 Å². The number of hydrogen-bond acceptors (Lipinski definition) is 6. The monoisotopic (exact) mass is 495 g/mol. The number of carbonyl (C=O) groups is 3. The van der Waals surface area contributed by atoms with Gasteiger partial charge in [0.05, 0.1) is 12.1 Å². The van der Waals surface area contributed by atoms with Gasteiger partial charge in [-0.3, -0.25) is 19.4 Å². The molecular formula is C22H24ClF2N5O4. The van der Waals surface area contributed by atoms with E-state index < -0.39 is 12.5 Å². The van der Waals surface area contributed by atoms with Crippen LogP contribution in [0.1, 0.15) is 41.0 Å². The van der Waals surface area contributed by atoms with E-state index in [0.29, 0.717) is 28.9 Å². The Morgan fingerprint density at radius 3 is 2.68 bits per heavy atom. The maximum atomic E-state index is 13.0. The first-order valence-corrected chi connectivity index (χ1v) is 10.8. The third-order valence-corrected chi connectivity index (χ3v) is 5.13. The Morgan fingerprint density at radius 1 is 1.26 bits per heavy atom. The summed E-state index contributed by atoms with van der Waals surface area (Å²) in [5, 5.41) is 5.34. The highest BCUT2D eigenvalue weighted by Gasteiger charge is 2.30. The Balaban J connectivity index is 1.63. The second-order valence-electron chi connectivity index (χ2n) is 7.94.